The molecule has 112 valence electrons. The van der Waals surface area contributed by atoms with Crippen molar-refractivity contribution in [3.05, 3.63) is 0 Å². The van der Waals surface area contributed by atoms with Gasteiger partial charge in [0.25, 0.3) is 0 Å². The van der Waals surface area contributed by atoms with E-state index in [1.54, 1.807) is 0 Å². The fourth-order valence-corrected chi connectivity index (χ4v) is 3.63. The number of hydrogen-bond donors (Lipinski definition) is 2. The number of nitrogens with zero attached hydrogens (tertiary/aromatic N) is 1. The summed E-state index contributed by atoms with van der Waals surface area (Å²) in [4.78, 5) is 2.50. The molecule has 0 radical (unpaired) electrons. The summed E-state index contributed by atoms with van der Waals surface area (Å²) in [5.41, 5.74) is 0.242. The van der Waals surface area contributed by atoms with Gasteiger partial charge >= 0.3 is 0 Å². The van der Waals surface area contributed by atoms with E-state index >= 15 is 0 Å². The van der Waals surface area contributed by atoms with Crippen molar-refractivity contribution >= 4 is 0 Å². The normalized spacial score (nSPS) is 36.8. The largest absolute Gasteiger partial charge is 0.395 e. The van der Waals surface area contributed by atoms with Gasteiger partial charge in [0, 0.05) is 31.2 Å². The van der Waals surface area contributed by atoms with Crippen LogP contribution in [-0.2, 0) is 4.74 Å². The molecule has 2 fully saturated rings. The number of hydrogen-bond acceptors (Lipinski definition) is 4. The molecule has 0 aromatic heterocycles. The summed E-state index contributed by atoms with van der Waals surface area (Å²) in [6.45, 7) is 10.7. The topological polar surface area (TPSA) is 44.7 Å². The second-order valence-electron chi connectivity index (χ2n) is 6.42. The number of aliphatic hydroxyl groups is 1. The molecule has 2 aliphatic rings. The zero-order valence-electron chi connectivity index (χ0n) is 12.5. The second kappa shape index (κ2) is 7.02. The maximum Gasteiger partial charge on any atom is 0.0589 e. The van der Waals surface area contributed by atoms with E-state index in [1.165, 1.54) is 19.3 Å². The lowest BCUT2D eigenvalue weighted by molar-refractivity contribution is -0.0324. The molecular formula is C15H30N2O2. The molecule has 4 nitrogen and oxygen atoms in total. The number of rotatable bonds is 6. The van der Waals surface area contributed by atoms with Crippen molar-refractivity contribution in [3.8, 4) is 0 Å². The molecule has 0 bridgehead atoms. The first kappa shape index (κ1) is 15.2. The minimum absolute atomic E-state index is 0.242. The molecule has 0 aromatic rings. The van der Waals surface area contributed by atoms with Crippen LogP contribution in [0.3, 0.4) is 0 Å². The third-order valence-corrected chi connectivity index (χ3v) is 4.88. The Labute approximate surface area is 117 Å². The van der Waals surface area contributed by atoms with E-state index in [2.05, 4.69) is 24.1 Å². The first-order chi connectivity index (χ1) is 9.21. The van der Waals surface area contributed by atoms with Gasteiger partial charge < -0.3 is 15.2 Å². The zero-order chi connectivity index (χ0) is 13.7. The van der Waals surface area contributed by atoms with Crippen LogP contribution in [0.2, 0.25) is 0 Å². The molecule has 0 amide bonds. The van der Waals surface area contributed by atoms with Gasteiger partial charge in [0.15, 0.2) is 0 Å². The van der Waals surface area contributed by atoms with Crippen molar-refractivity contribution < 1.29 is 9.84 Å². The summed E-state index contributed by atoms with van der Waals surface area (Å²) in [6.07, 6.45) is 3.62. The zero-order valence-corrected chi connectivity index (χ0v) is 12.5. The van der Waals surface area contributed by atoms with Gasteiger partial charge in [-0.25, -0.2) is 0 Å². The Morgan fingerprint density at radius 1 is 1.47 bits per heavy atom. The molecule has 2 heterocycles. The smallest absolute Gasteiger partial charge is 0.0589 e. The molecule has 19 heavy (non-hydrogen) atoms. The van der Waals surface area contributed by atoms with Crippen molar-refractivity contribution in [3.63, 3.8) is 0 Å². The Kier molecular flexibility index (Phi) is 5.63. The highest BCUT2D eigenvalue weighted by Crippen LogP contribution is 2.33. The van der Waals surface area contributed by atoms with Gasteiger partial charge in [0.2, 0.25) is 0 Å². The Morgan fingerprint density at radius 3 is 2.95 bits per heavy atom. The number of ether oxygens (including phenoxy) is 1. The number of likely N-dealkylation sites (tertiary alicyclic amines) is 1. The summed E-state index contributed by atoms with van der Waals surface area (Å²) in [6, 6.07) is 0.348. The van der Waals surface area contributed by atoms with Crippen molar-refractivity contribution in [2.24, 2.45) is 11.3 Å². The monoisotopic (exact) mass is 270 g/mol. The van der Waals surface area contributed by atoms with Gasteiger partial charge in [0.05, 0.1) is 13.2 Å². The van der Waals surface area contributed by atoms with Crippen LogP contribution in [0.15, 0.2) is 0 Å². The van der Waals surface area contributed by atoms with Crippen LogP contribution < -0.4 is 5.32 Å². The van der Waals surface area contributed by atoms with Gasteiger partial charge in [-0.3, -0.25) is 4.90 Å². The van der Waals surface area contributed by atoms with Gasteiger partial charge in [-0.15, -0.1) is 0 Å². The second-order valence-corrected chi connectivity index (χ2v) is 6.42. The molecule has 0 spiro atoms. The van der Waals surface area contributed by atoms with Crippen LogP contribution in [0.4, 0.5) is 0 Å². The third-order valence-electron chi connectivity index (χ3n) is 4.88. The first-order valence-electron chi connectivity index (χ1n) is 7.84. The Bertz CT molecular complexity index is 267. The maximum absolute atomic E-state index is 9.61. The highest BCUT2D eigenvalue weighted by atomic mass is 16.5. The van der Waals surface area contributed by atoms with Crippen molar-refractivity contribution in [1.29, 1.82) is 0 Å². The lowest BCUT2D eigenvalue weighted by Gasteiger charge is -2.41. The summed E-state index contributed by atoms with van der Waals surface area (Å²) in [5.74, 6) is 0.616. The standard InChI is InChI=1S/C15H30N2O2/c1-3-16-10-15(6-4-8-19-12-15)11-17-7-5-13(2)14(17)9-18/h13-14,16,18H,3-12H2,1-2H3. The summed E-state index contributed by atoms with van der Waals surface area (Å²) >= 11 is 0. The van der Waals surface area contributed by atoms with Crippen LogP contribution in [-0.4, -0.2) is 62.0 Å². The molecule has 2 N–H and O–H groups in total. The van der Waals surface area contributed by atoms with E-state index in [4.69, 9.17) is 4.74 Å². The van der Waals surface area contributed by atoms with Gasteiger partial charge in [-0.1, -0.05) is 13.8 Å². The predicted octanol–water partition coefficient (Wildman–Crippen LogP) is 1.10. The van der Waals surface area contributed by atoms with E-state index in [9.17, 15) is 5.11 Å². The Morgan fingerprint density at radius 2 is 2.32 bits per heavy atom. The molecule has 0 saturated carbocycles. The van der Waals surface area contributed by atoms with Crippen LogP contribution >= 0.6 is 0 Å². The number of aliphatic hydroxyl groups excluding tert-OH is 1. The lowest BCUT2D eigenvalue weighted by Crippen LogP contribution is -2.51. The quantitative estimate of drug-likeness (QED) is 0.758. The van der Waals surface area contributed by atoms with E-state index in [1.807, 2.05) is 0 Å². The molecule has 3 unspecified atom stereocenters. The van der Waals surface area contributed by atoms with Crippen LogP contribution in [0, 0.1) is 11.3 Å². The molecule has 4 heteroatoms. The van der Waals surface area contributed by atoms with Gasteiger partial charge in [-0.05, 0) is 38.3 Å². The highest BCUT2D eigenvalue weighted by molar-refractivity contribution is 4.92. The first-order valence-corrected chi connectivity index (χ1v) is 7.84. The van der Waals surface area contributed by atoms with Gasteiger partial charge in [0.1, 0.15) is 0 Å². The Balaban J connectivity index is 1.98. The fourth-order valence-electron chi connectivity index (χ4n) is 3.63. The minimum Gasteiger partial charge on any atom is -0.395 e. The summed E-state index contributed by atoms with van der Waals surface area (Å²) in [7, 11) is 0. The van der Waals surface area contributed by atoms with E-state index in [-0.39, 0.29) is 5.41 Å². The molecule has 2 saturated heterocycles. The molecule has 2 aliphatic heterocycles. The average molecular weight is 270 g/mol. The van der Waals surface area contributed by atoms with Crippen molar-refractivity contribution in [1.82, 2.24) is 10.2 Å². The fraction of sp³-hybridized carbons (Fsp3) is 1.00. The van der Waals surface area contributed by atoms with Crippen molar-refractivity contribution in [2.75, 3.05) is 46.0 Å². The predicted molar refractivity (Wildman–Crippen MR) is 77.3 cm³/mol. The van der Waals surface area contributed by atoms with Crippen molar-refractivity contribution in [2.45, 2.75) is 39.2 Å². The highest BCUT2D eigenvalue weighted by Gasteiger charge is 2.39. The molecule has 0 aromatic carbocycles. The van der Waals surface area contributed by atoms with Crippen LogP contribution in [0.25, 0.3) is 0 Å². The van der Waals surface area contributed by atoms with E-state index in [0.29, 0.717) is 18.6 Å². The average Bonchev–Trinajstić information content (AvgIpc) is 2.78. The van der Waals surface area contributed by atoms with Crippen LogP contribution in [0.1, 0.15) is 33.1 Å². The number of nitrogens with one attached hydrogen (secondary N) is 1. The molecule has 0 aliphatic carbocycles. The summed E-state index contributed by atoms with van der Waals surface area (Å²) < 4.78 is 5.76. The van der Waals surface area contributed by atoms with Crippen LogP contribution in [0.5, 0.6) is 0 Å². The summed E-state index contributed by atoms with van der Waals surface area (Å²) in [5, 5.41) is 13.1. The maximum atomic E-state index is 9.61. The molecule has 3 atom stereocenters. The van der Waals surface area contributed by atoms with E-state index in [0.717, 1.165) is 39.4 Å². The molecular weight excluding hydrogens is 240 g/mol. The van der Waals surface area contributed by atoms with E-state index < -0.39 is 0 Å². The Hall–Kier alpha value is -0.160. The lowest BCUT2D eigenvalue weighted by atomic mass is 9.81. The molecule has 2 rings (SSSR count). The third kappa shape index (κ3) is 3.69. The van der Waals surface area contributed by atoms with Gasteiger partial charge in [-0.2, -0.15) is 0 Å². The minimum atomic E-state index is 0.242. The SMILES string of the molecule is CCNCC1(CN2CCC(C)C2CO)CCCOC1.